The van der Waals surface area contributed by atoms with Gasteiger partial charge in [-0.2, -0.15) is 0 Å². The third kappa shape index (κ3) is 3.95. The number of guanidine groups is 1. The molecule has 110 valence electrons. The van der Waals surface area contributed by atoms with Gasteiger partial charge in [-0.25, -0.2) is 4.99 Å². The van der Waals surface area contributed by atoms with E-state index in [0.717, 1.165) is 18.0 Å². The summed E-state index contributed by atoms with van der Waals surface area (Å²) >= 11 is 0. The number of hydrogen-bond acceptors (Lipinski definition) is 2. The first-order chi connectivity index (χ1) is 9.47. The molecular formula is C16H26N4. The van der Waals surface area contributed by atoms with Crippen LogP contribution < -0.4 is 11.1 Å². The van der Waals surface area contributed by atoms with Crippen LogP contribution in [0.25, 0.3) is 0 Å². The minimum absolute atomic E-state index is 0.0991. The van der Waals surface area contributed by atoms with E-state index in [4.69, 9.17) is 5.73 Å². The Morgan fingerprint density at radius 2 is 2.20 bits per heavy atom. The van der Waals surface area contributed by atoms with Gasteiger partial charge >= 0.3 is 0 Å². The molecule has 0 aliphatic heterocycles. The predicted octanol–water partition coefficient (Wildman–Crippen LogP) is 2.58. The highest BCUT2D eigenvalue weighted by Crippen LogP contribution is 2.26. The smallest absolute Gasteiger partial charge is 0.188 e. The summed E-state index contributed by atoms with van der Waals surface area (Å²) in [4.78, 5) is 8.65. The highest BCUT2D eigenvalue weighted by molar-refractivity contribution is 5.77. The van der Waals surface area contributed by atoms with Crippen molar-refractivity contribution in [1.29, 1.82) is 0 Å². The molecule has 3 N–H and O–H groups in total. The molecule has 4 nitrogen and oxygen atoms in total. The van der Waals surface area contributed by atoms with Crippen LogP contribution in [0.2, 0.25) is 0 Å². The van der Waals surface area contributed by atoms with Crippen LogP contribution in [0.3, 0.4) is 0 Å². The molecule has 0 aromatic carbocycles. The van der Waals surface area contributed by atoms with Gasteiger partial charge in [-0.05, 0) is 41.4 Å². The fourth-order valence-corrected chi connectivity index (χ4v) is 2.46. The van der Waals surface area contributed by atoms with Crippen molar-refractivity contribution < 1.29 is 0 Å². The zero-order valence-electron chi connectivity index (χ0n) is 12.8. The SMILES string of the molecule is CC(C)(C)c1ccncc1CN=C(N)NCC1CCC1. The molecule has 0 unspecified atom stereocenters. The van der Waals surface area contributed by atoms with Crippen molar-refractivity contribution in [2.24, 2.45) is 16.6 Å². The summed E-state index contributed by atoms with van der Waals surface area (Å²) in [5.41, 5.74) is 8.45. The van der Waals surface area contributed by atoms with Crippen molar-refractivity contribution in [3.8, 4) is 0 Å². The second-order valence-electron chi connectivity index (χ2n) is 6.66. The molecule has 1 aromatic heterocycles. The number of hydrogen-bond donors (Lipinski definition) is 2. The van der Waals surface area contributed by atoms with Gasteiger partial charge in [0.15, 0.2) is 5.96 Å². The molecule has 0 bridgehead atoms. The van der Waals surface area contributed by atoms with E-state index in [1.807, 2.05) is 12.4 Å². The van der Waals surface area contributed by atoms with Crippen LogP contribution in [0.4, 0.5) is 0 Å². The van der Waals surface area contributed by atoms with Crippen molar-refractivity contribution in [3.05, 3.63) is 29.6 Å². The van der Waals surface area contributed by atoms with E-state index in [1.165, 1.54) is 24.8 Å². The molecule has 1 aliphatic rings. The summed E-state index contributed by atoms with van der Waals surface area (Å²) in [6.45, 7) is 8.15. The van der Waals surface area contributed by atoms with E-state index in [0.29, 0.717) is 12.5 Å². The summed E-state index contributed by atoms with van der Waals surface area (Å²) in [5.74, 6) is 1.33. The van der Waals surface area contributed by atoms with Gasteiger partial charge in [0.2, 0.25) is 0 Å². The molecule has 1 fully saturated rings. The fraction of sp³-hybridized carbons (Fsp3) is 0.625. The van der Waals surface area contributed by atoms with Crippen LogP contribution in [0.1, 0.15) is 51.2 Å². The molecule has 1 saturated carbocycles. The second-order valence-corrected chi connectivity index (χ2v) is 6.66. The molecule has 20 heavy (non-hydrogen) atoms. The third-order valence-corrected chi connectivity index (χ3v) is 3.93. The zero-order valence-corrected chi connectivity index (χ0v) is 12.8. The Morgan fingerprint density at radius 3 is 2.80 bits per heavy atom. The van der Waals surface area contributed by atoms with Crippen molar-refractivity contribution in [2.45, 2.75) is 52.0 Å². The van der Waals surface area contributed by atoms with Crippen molar-refractivity contribution >= 4 is 5.96 Å². The Bertz CT molecular complexity index is 470. The molecule has 4 heteroatoms. The van der Waals surface area contributed by atoms with Gasteiger partial charge in [-0.15, -0.1) is 0 Å². The van der Waals surface area contributed by atoms with Gasteiger partial charge in [-0.3, -0.25) is 4.98 Å². The molecular weight excluding hydrogens is 248 g/mol. The molecule has 0 radical (unpaired) electrons. The van der Waals surface area contributed by atoms with Gasteiger partial charge < -0.3 is 11.1 Å². The van der Waals surface area contributed by atoms with Crippen molar-refractivity contribution in [3.63, 3.8) is 0 Å². The Morgan fingerprint density at radius 1 is 1.45 bits per heavy atom. The molecule has 0 atom stereocenters. The van der Waals surface area contributed by atoms with E-state index in [2.05, 4.69) is 42.1 Å². The minimum atomic E-state index is 0.0991. The van der Waals surface area contributed by atoms with Crippen LogP contribution in [0.5, 0.6) is 0 Å². The molecule has 0 saturated heterocycles. The summed E-state index contributed by atoms with van der Waals surface area (Å²) in [5, 5.41) is 3.22. The third-order valence-electron chi connectivity index (χ3n) is 3.93. The normalized spacial score (nSPS) is 16.9. The van der Waals surface area contributed by atoms with Gasteiger partial charge in [0, 0.05) is 18.9 Å². The van der Waals surface area contributed by atoms with E-state index in [1.54, 1.807) is 0 Å². The summed E-state index contributed by atoms with van der Waals surface area (Å²) in [7, 11) is 0. The number of aliphatic imine (C=N–C) groups is 1. The fourth-order valence-electron chi connectivity index (χ4n) is 2.46. The van der Waals surface area contributed by atoms with Crippen LogP contribution in [-0.4, -0.2) is 17.5 Å². The number of pyridine rings is 1. The lowest BCUT2D eigenvalue weighted by atomic mass is 9.85. The Balaban J connectivity index is 1.95. The summed E-state index contributed by atoms with van der Waals surface area (Å²) in [6.07, 6.45) is 7.72. The van der Waals surface area contributed by atoms with E-state index < -0.39 is 0 Å². The molecule has 2 rings (SSSR count). The lowest BCUT2D eigenvalue weighted by Gasteiger charge is -2.25. The van der Waals surface area contributed by atoms with Crippen molar-refractivity contribution in [1.82, 2.24) is 10.3 Å². The number of nitrogens with two attached hydrogens (primary N) is 1. The minimum Gasteiger partial charge on any atom is -0.370 e. The standard InChI is InChI=1S/C16H26N4/c1-16(2,3)14-7-8-18-10-13(14)11-20-15(17)19-9-12-5-4-6-12/h7-8,10,12H,4-6,9,11H2,1-3H3,(H3,17,19,20). The van der Waals surface area contributed by atoms with Gasteiger partial charge in [-0.1, -0.05) is 27.2 Å². The van der Waals surface area contributed by atoms with Gasteiger partial charge in [0.05, 0.1) is 6.54 Å². The highest BCUT2D eigenvalue weighted by Gasteiger charge is 2.18. The quantitative estimate of drug-likeness (QED) is 0.655. The van der Waals surface area contributed by atoms with Gasteiger partial charge in [0.25, 0.3) is 0 Å². The number of aromatic nitrogens is 1. The molecule has 0 amide bonds. The largest absolute Gasteiger partial charge is 0.370 e. The number of rotatable bonds is 4. The zero-order chi connectivity index (χ0) is 14.6. The van der Waals surface area contributed by atoms with Crippen molar-refractivity contribution in [2.75, 3.05) is 6.54 Å². The van der Waals surface area contributed by atoms with Crippen LogP contribution in [0.15, 0.2) is 23.5 Å². The average molecular weight is 274 g/mol. The van der Waals surface area contributed by atoms with Crippen LogP contribution in [-0.2, 0) is 12.0 Å². The first-order valence-electron chi connectivity index (χ1n) is 7.44. The lowest BCUT2D eigenvalue weighted by Crippen LogP contribution is -2.37. The maximum absolute atomic E-state index is 5.93. The molecule has 1 aliphatic carbocycles. The van der Waals surface area contributed by atoms with E-state index >= 15 is 0 Å². The first kappa shape index (κ1) is 14.8. The Labute approximate surface area is 121 Å². The second kappa shape index (κ2) is 6.25. The predicted molar refractivity (Wildman–Crippen MR) is 83.6 cm³/mol. The van der Waals surface area contributed by atoms with E-state index in [-0.39, 0.29) is 5.41 Å². The van der Waals surface area contributed by atoms with Gasteiger partial charge in [0.1, 0.15) is 0 Å². The summed E-state index contributed by atoms with van der Waals surface area (Å²) in [6, 6.07) is 2.07. The lowest BCUT2D eigenvalue weighted by molar-refractivity contribution is 0.315. The maximum Gasteiger partial charge on any atom is 0.188 e. The first-order valence-corrected chi connectivity index (χ1v) is 7.44. The van der Waals surface area contributed by atoms with Crippen LogP contribution in [0, 0.1) is 5.92 Å². The molecule has 0 spiro atoms. The maximum atomic E-state index is 5.93. The average Bonchev–Trinajstić information content (AvgIpc) is 2.34. The summed E-state index contributed by atoms with van der Waals surface area (Å²) < 4.78 is 0. The highest BCUT2D eigenvalue weighted by atomic mass is 15.1. The molecule has 1 aromatic rings. The van der Waals surface area contributed by atoms with Crippen LogP contribution >= 0.6 is 0 Å². The number of nitrogens with zero attached hydrogens (tertiary/aromatic N) is 2. The Kier molecular flexibility index (Phi) is 4.63. The molecule has 1 heterocycles. The van der Waals surface area contributed by atoms with E-state index in [9.17, 15) is 0 Å². The topological polar surface area (TPSA) is 63.3 Å². The number of nitrogens with one attached hydrogen (secondary N) is 1. The Hall–Kier alpha value is -1.58. The monoisotopic (exact) mass is 274 g/mol.